The first-order chi connectivity index (χ1) is 9.90. The molecule has 0 aromatic rings. The summed E-state index contributed by atoms with van der Waals surface area (Å²) in [7, 11) is 0. The summed E-state index contributed by atoms with van der Waals surface area (Å²) < 4.78 is 5.34. The summed E-state index contributed by atoms with van der Waals surface area (Å²) in [6, 6.07) is -0.194. The summed E-state index contributed by atoms with van der Waals surface area (Å²) in [5.74, 6) is 0.0625. The van der Waals surface area contributed by atoms with Crippen LogP contribution in [0.5, 0.6) is 0 Å². The van der Waals surface area contributed by atoms with E-state index in [0.29, 0.717) is 31.6 Å². The molecular weight excluding hydrogens is 272 g/mol. The van der Waals surface area contributed by atoms with Gasteiger partial charge >= 0.3 is 12.0 Å². The molecule has 2 amide bonds. The molecule has 2 saturated heterocycles. The molecule has 0 aromatic carbocycles. The second kappa shape index (κ2) is 6.64. The molecule has 0 spiro atoms. The Hall–Kier alpha value is -1.30. The molecule has 4 atom stereocenters. The van der Waals surface area contributed by atoms with Crippen molar-refractivity contribution in [2.75, 3.05) is 26.3 Å². The topological polar surface area (TPSA) is 70.1 Å². The number of carboxylic acids is 1. The van der Waals surface area contributed by atoms with Crippen molar-refractivity contribution >= 4 is 12.0 Å². The highest BCUT2D eigenvalue weighted by molar-refractivity contribution is 5.77. The quantitative estimate of drug-likeness (QED) is 0.841. The second-order valence-corrected chi connectivity index (χ2v) is 6.51. The first kappa shape index (κ1) is 16.1. The number of carboxylic acid groups (broad SMARTS) is 1. The van der Waals surface area contributed by atoms with E-state index in [4.69, 9.17) is 9.84 Å². The molecule has 2 heterocycles. The normalized spacial score (nSPS) is 33.9. The smallest absolute Gasteiger partial charge is 0.320 e. The minimum absolute atomic E-state index is 0.0320. The standard InChI is InChI=1S/C15H26N2O4/c1-10-6-11(2)12(3)17(8-10)15(20)16-4-5-21-9-13(16)7-14(18)19/h10-13H,4-9H2,1-3H3,(H,18,19). The van der Waals surface area contributed by atoms with Gasteiger partial charge in [-0.15, -0.1) is 0 Å². The first-order valence-electron chi connectivity index (χ1n) is 7.77. The molecule has 6 nitrogen and oxygen atoms in total. The number of amides is 2. The van der Waals surface area contributed by atoms with Crippen LogP contribution < -0.4 is 0 Å². The Morgan fingerprint density at radius 3 is 2.62 bits per heavy atom. The van der Waals surface area contributed by atoms with Crippen molar-refractivity contribution < 1.29 is 19.4 Å². The number of hydrogen-bond acceptors (Lipinski definition) is 3. The van der Waals surface area contributed by atoms with Crippen molar-refractivity contribution in [1.29, 1.82) is 0 Å². The number of aliphatic carboxylic acids is 1. The van der Waals surface area contributed by atoms with E-state index in [1.165, 1.54) is 0 Å². The summed E-state index contributed by atoms with van der Waals surface area (Å²) in [6.45, 7) is 8.44. The predicted octanol–water partition coefficient (Wildman–Crippen LogP) is 1.65. The number of likely N-dealkylation sites (tertiary alicyclic amines) is 1. The Kier molecular flexibility index (Phi) is 5.08. The fourth-order valence-corrected chi connectivity index (χ4v) is 3.41. The Labute approximate surface area is 126 Å². The van der Waals surface area contributed by atoms with Gasteiger partial charge in [-0.25, -0.2) is 4.79 Å². The molecule has 0 radical (unpaired) electrons. The second-order valence-electron chi connectivity index (χ2n) is 6.51. The lowest BCUT2D eigenvalue weighted by Gasteiger charge is -2.45. The highest BCUT2D eigenvalue weighted by Gasteiger charge is 2.37. The van der Waals surface area contributed by atoms with Crippen LogP contribution in [-0.2, 0) is 9.53 Å². The fourth-order valence-electron chi connectivity index (χ4n) is 3.41. The molecule has 1 N–H and O–H groups in total. The van der Waals surface area contributed by atoms with Crippen molar-refractivity contribution in [3.8, 4) is 0 Å². The van der Waals surface area contributed by atoms with Crippen molar-refractivity contribution in [2.45, 2.75) is 45.7 Å². The maximum Gasteiger partial charge on any atom is 0.320 e. The molecule has 4 unspecified atom stereocenters. The molecule has 6 heteroatoms. The van der Waals surface area contributed by atoms with Gasteiger partial charge in [-0.2, -0.15) is 0 Å². The van der Waals surface area contributed by atoms with Gasteiger partial charge in [-0.3, -0.25) is 4.79 Å². The van der Waals surface area contributed by atoms with Gasteiger partial charge in [0.2, 0.25) is 0 Å². The molecule has 0 aliphatic carbocycles. The maximum atomic E-state index is 12.8. The van der Waals surface area contributed by atoms with Gasteiger partial charge in [-0.05, 0) is 25.2 Å². The van der Waals surface area contributed by atoms with Crippen LogP contribution in [0.15, 0.2) is 0 Å². The third-order valence-electron chi connectivity index (χ3n) is 4.73. The Balaban J connectivity index is 2.10. The van der Waals surface area contributed by atoms with E-state index >= 15 is 0 Å². The summed E-state index contributed by atoms with van der Waals surface area (Å²) in [6.07, 6.45) is 1.08. The van der Waals surface area contributed by atoms with E-state index in [0.717, 1.165) is 13.0 Å². The number of nitrogens with zero attached hydrogens (tertiary/aromatic N) is 2. The summed E-state index contributed by atoms with van der Waals surface area (Å²) >= 11 is 0. The number of carbonyl (C=O) groups excluding carboxylic acids is 1. The molecule has 2 rings (SSSR count). The maximum absolute atomic E-state index is 12.8. The third kappa shape index (κ3) is 3.67. The zero-order chi connectivity index (χ0) is 15.6. The van der Waals surface area contributed by atoms with E-state index in [1.807, 2.05) is 4.90 Å². The van der Waals surface area contributed by atoms with Crippen LogP contribution in [-0.4, -0.2) is 65.3 Å². The zero-order valence-corrected chi connectivity index (χ0v) is 13.1. The molecule has 120 valence electrons. The monoisotopic (exact) mass is 298 g/mol. The van der Waals surface area contributed by atoms with Crippen LogP contribution in [0.2, 0.25) is 0 Å². The molecular formula is C15H26N2O4. The van der Waals surface area contributed by atoms with Gasteiger partial charge in [0.1, 0.15) is 0 Å². The number of piperidine rings is 1. The van der Waals surface area contributed by atoms with Gasteiger partial charge in [0.25, 0.3) is 0 Å². The van der Waals surface area contributed by atoms with E-state index in [-0.39, 0.29) is 24.5 Å². The highest BCUT2D eigenvalue weighted by atomic mass is 16.5. The van der Waals surface area contributed by atoms with Crippen LogP contribution in [0.25, 0.3) is 0 Å². The van der Waals surface area contributed by atoms with Gasteiger partial charge < -0.3 is 19.6 Å². The lowest BCUT2D eigenvalue weighted by molar-refractivity contribution is -0.139. The average molecular weight is 298 g/mol. The van der Waals surface area contributed by atoms with Crippen LogP contribution in [0, 0.1) is 11.8 Å². The van der Waals surface area contributed by atoms with Crippen LogP contribution >= 0.6 is 0 Å². The highest BCUT2D eigenvalue weighted by Crippen LogP contribution is 2.28. The van der Waals surface area contributed by atoms with Gasteiger partial charge in [0.15, 0.2) is 0 Å². The largest absolute Gasteiger partial charge is 0.481 e. The molecule has 0 bridgehead atoms. The molecule has 0 aromatic heterocycles. The Morgan fingerprint density at radius 2 is 1.95 bits per heavy atom. The summed E-state index contributed by atoms with van der Waals surface area (Å²) in [5, 5.41) is 9.00. The van der Waals surface area contributed by atoms with Gasteiger partial charge in [-0.1, -0.05) is 13.8 Å². The number of morpholine rings is 1. The molecule has 21 heavy (non-hydrogen) atoms. The number of hydrogen-bond donors (Lipinski definition) is 1. The van der Waals surface area contributed by atoms with Crippen LogP contribution in [0.4, 0.5) is 4.79 Å². The first-order valence-corrected chi connectivity index (χ1v) is 7.77. The van der Waals surface area contributed by atoms with E-state index < -0.39 is 5.97 Å². The zero-order valence-electron chi connectivity index (χ0n) is 13.1. The number of urea groups is 1. The Bertz CT molecular complexity index is 401. The number of carbonyl (C=O) groups is 2. The minimum Gasteiger partial charge on any atom is -0.481 e. The van der Waals surface area contributed by atoms with E-state index in [2.05, 4.69) is 20.8 Å². The lowest BCUT2D eigenvalue weighted by atomic mass is 9.86. The van der Waals surface area contributed by atoms with E-state index in [1.54, 1.807) is 4.90 Å². The lowest BCUT2D eigenvalue weighted by Crippen LogP contribution is -2.59. The van der Waals surface area contributed by atoms with Crippen molar-refractivity contribution in [3.63, 3.8) is 0 Å². The molecule has 0 saturated carbocycles. The van der Waals surface area contributed by atoms with Crippen LogP contribution in [0.1, 0.15) is 33.6 Å². The summed E-state index contributed by atoms with van der Waals surface area (Å²) in [5.41, 5.74) is 0. The van der Waals surface area contributed by atoms with Gasteiger partial charge in [0.05, 0.1) is 25.7 Å². The van der Waals surface area contributed by atoms with E-state index in [9.17, 15) is 9.59 Å². The van der Waals surface area contributed by atoms with Crippen LogP contribution in [0.3, 0.4) is 0 Å². The molecule has 2 aliphatic heterocycles. The van der Waals surface area contributed by atoms with Crippen molar-refractivity contribution in [2.24, 2.45) is 11.8 Å². The van der Waals surface area contributed by atoms with Crippen molar-refractivity contribution in [1.82, 2.24) is 9.80 Å². The van der Waals surface area contributed by atoms with Crippen molar-refractivity contribution in [3.05, 3.63) is 0 Å². The molecule has 2 aliphatic rings. The van der Waals surface area contributed by atoms with Gasteiger partial charge in [0, 0.05) is 19.1 Å². The minimum atomic E-state index is -0.892. The average Bonchev–Trinajstić information content (AvgIpc) is 2.42. The predicted molar refractivity (Wildman–Crippen MR) is 78.1 cm³/mol. The fraction of sp³-hybridized carbons (Fsp3) is 0.867. The molecule has 2 fully saturated rings. The number of ether oxygens (including phenoxy) is 1. The SMILES string of the molecule is CC1CC(C)C(C)N(C(=O)N2CCOCC2CC(=O)O)C1. The number of rotatable bonds is 2. The Morgan fingerprint density at radius 1 is 1.24 bits per heavy atom. The summed E-state index contributed by atoms with van der Waals surface area (Å²) in [4.78, 5) is 27.4. The third-order valence-corrected chi connectivity index (χ3v) is 4.73.